The van der Waals surface area contributed by atoms with Crippen LogP contribution in [0.2, 0.25) is 0 Å². The smallest absolute Gasteiger partial charge is 0.261 e. The van der Waals surface area contributed by atoms with Crippen LogP contribution >= 0.6 is 12.4 Å². The molecular weight excluding hydrogens is 304 g/mol. The van der Waals surface area contributed by atoms with Crippen molar-refractivity contribution in [2.75, 3.05) is 26.7 Å². The number of nitrogens with zero attached hydrogens (tertiary/aromatic N) is 5. The maximum atomic E-state index is 5.45. The van der Waals surface area contributed by atoms with Gasteiger partial charge in [-0.25, -0.2) is 4.52 Å². The van der Waals surface area contributed by atoms with Crippen molar-refractivity contribution < 1.29 is 4.52 Å². The molecule has 1 aliphatic rings. The number of likely N-dealkylation sites (N-methyl/N-ethyl adjacent to an activating group) is 1. The summed E-state index contributed by atoms with van der Waals surface area (Å²) in [6.07, 6.45) is 3.66. The second kappa shape index (κ2) is 6.04. The molecule has 0 amide bonds. The predicted octanol–water partition coefficient (Wildman–Crippen LogP) is 1.38. The van der Waals surface area contributed by atoms with Gasteiger partial charge in [0.15, 0.2) is 5.82 Å². The lowest BCUT2D eigenvalue weighted by molar-refractivity contribution is 0.190. The number of hydrogen-bond acceptors (Lipinski definition) is 6. The van der Waals surface area contributed by atoms with Crippen LogP contribution in [0.4, 0.5) is 0 Å². The fourth-order valence-electron chi connectivity index (χ4n) is 2.67. The summed E-state index contributed by atoms with van der Waals surface area (Å²) in [5, 5.41) is 11.8. The molecule has 1 atom stereocenters. The number of fused-ring (bicyclic) bond motifs is 1. The van der Waals surface area contributed by atoms with Crippen LogP contribution in [0.1, 0.15) is 11.9 Å². The lowest BCUT2D eigenvalue weighted by atomic mass is 10.2. The van der Waals surface area contributed by atoms with Crippen LogP contribution in [0, 0.1) is 0 Å². The van der Waals surface area contributed by atoms with Gasteiger partial charge in [0.2, 0.25) is 0 Å². The van der Waals surface area contributed by atoms with Crippen molar-refractivity contribution in [1.29, 1.82) is 0 Å². The van der Waals surface area contributed by atoms with Crippen molar-refractivity contribution in [3.63, 3.8) is 0 Å². The number of nitrogens with one attached hydrogen (secondary N) is 1. The molecule has 1 N–H and O–H groups in total. The van der Waals surface area contributed by atoms with Crippen molar-refractivity contribution in [1.82, 2.24) is 30.0 Å². The molecule has 3 aromatic heterocycles. The van der Waals surface area contributed by atoms with Crippen molar-refractivity contribution in [2.45, 2.75) is 6.04 Å². The average Bonchev–Trinajstić information content (AvgIpc) is 3.14. The Morgan fingerprint density at radius 1 is 1.36 bits per heavy atom. The van der Waals surface area contributed by atoms with Gasteiger partial charge in [-0.3, -0.25) is 4.90 Å². The van der Waals surface area contributed by atoms with Gasteiger partial charge in [0.05, 0.1) is 23.3 Å². The first kappa shape index (κ1) is 15.0. The molecule has 22 heavy (non-hydrogen) atoms. The third kappa shape index (κ3) is 2.47. The zero-order valence-electron chi connectivity index (χ0n) is 12.1. The number of aromatic nitrogens is 4. The highest BCUT2D eigenvalue weighted by Gasteiger charge is 2.26. The standard InChI is InChI=1S/C14H16N6O.ClH/c1-19-7-5-15-9-12(19)13-17-14(21-18-13)10-8-16-20-6-3-2-4-11(10)20;/h2-4,6,8,12,15H,5,7,9H2,1H3;1H. The Bertz CT molecular complexity index is 769. The second-order valence-corrected chi connectivity index (χ2v) is 5.25. The van der Waals surface area contributed by atoms with Crippen molar-refractivity contribution in [2.24, 2.45) is 0 Å². The Morgan fingerprint density at radius 2 is 2.27 bits per heavy atom. The molecule has 0 aromatic carbocycles. The summed E-state index contributed by atoms with van der Waals surface area (Å²) in [5.74, 6) is 1.24. The van der Waals surface area contributed by atoms with Crippen LogP contribution < -0.4 is 5.32 Å². The van der Waals surface area contributed by atoms with Crippen LogP contribution in [0.5, 0.6) is 0 Å². The minimum absolute atomic E-state index is 0. The van der Waals surface area contributed by atoms with Gasteiger partial charge in [-0.2, -0.15) is 10.1 Å². The van der Waals surface area contributed by atoms with E-state index >= 15 is 0 Å². The minimum atomic E-state index is 0. The maximum Gasteiger partial charge on any atom is 0.261 e. The van der Waals surface area contributed by atoms with E-state index in [4.69, 9.17) is 4.52 Å². The number of pyridine rings is 1. The van der Waals surface area contributed by atoms with Crippen LogP contribution in [0.25, 0.3) is 17.0 Å². The van der Waals surface area contributed by atoms with Crippen LogP contribution in [0.3, 0.4) is 0 Å². The van der Waals surface area contributed by atoms with Crippen LogP contribution in [-0.2, 0) is 0 Å². The maximum absolute atomic E-state index is 5.45. The third-order valence-electron chi connectivity index (χ3n) is 3.91. The highest BCUT2D eigenvalue weighted by Crippen LogP contribution is 2.25. The molecule has 0 aliphatic carbocycles. The largest absolute Gasteiger partial charge is 0.334 e. The molecule has 1 unspecified atom stereocenters. The lowest BCUT2D eigenvalue weighted by Crippen LogP contribution is -2.44. The highest BCUT2D eigenvalue weighted by atomic mass is 35.5. The predicted molar refractivity (Wildman–Crippen MR) is 84.0 cm³/mol. The van der Waals surface area contributed by atoms with Gasteiger partial charge in [0.1, 0.15) is 0 Å². The van der Waals surface area contributed by atoms with E-state index in [-0.39, 0.29) is 18.4 Å². The van der Waals surface area contributed by atoms with E-state index < -0.39 is 0 Å². The summed E-state index contributed by atoms with van der Waals surface area (Å²) in [5.41, 5.74) is 1.82. The molecule has 0 radical (unpaired) electrons. The topological polar surface area (TPSA) is 71.5 Å². The first-order valence-electron chi connectivity index (χ1n) is 7.00. The zero-order chi connectivity index (χ0) is 14.2. The molecule has 3 aromatic rings. The summed E-state index contributed by atoms with van der Waals surface area (Å²) >= 11 is 0. The summed E-state index contributed by atoms with van der Waals surface area (Å²) in [6, 6.07) is 6.04. The van der Waals surface area contributed by atoms with Gasteiger partial charge in [0.25, 0.3) is 5.89 Å². The molecule has 7 nitrogen and oxygen atoms in total. The molecule has 0 spiro atoms. The quantitative estimate of drug-likeness (QED) is 0.769. The van der Waals surface area contributed by atoms with Gasteiger partial charge in [-0.05, 0) is 19.2 Å². The van der Waals surface area contributed by atoms with Crippen LogP contribution in [0.15, 0.2) is 35.1 Å². The molecule has 1 fully saturated rings. The molecule has 4 rings (SSSR count). The molecule has 4 heterocycles. The molecule has 1 saturated heterocycles. The Morgan fingerprint density at radius 3 is 3.14 bits per heavy atom. The van der Waals surface area contributed by atoms with E-state index in [1.165, 1.54) is 0 Å². The molecule has 1 aliphatic heterocycles. The molecule has 116 valence electrons. The van der Waals surface area contributed by atoms with E-state index in [0.717, 1.165) is 36.5 Å². The summed E-state index contributed by atoms with van der Waals surface area (Å²) < 4.78 is 7.25. The minimum Gasteiger partial charge on any atom is -0.334 e. The van der Waals surface area contributed by atoms with Gasteiger partial charge >= 0.3 is 0 Å². The Labute approximate surface area is 133 Å². The number of hydrogen-bond donors (Lipinski definition) is 1. The highest BCUT2D eigenvalue weighted by molar-refractivity contribution is 5.85. The molecular formula is C14H17ClN6O. The van der Waals surface area contributed by atoms with Gasteiger partial charge in [-0.15, -0.1) is 12.4 Å². The van der Waals surface area contributed by atoms with E-state index in [0.29, 0.717) is 5.89 Å². The Kier molecular flexibility index (Phi) is 4.10. The van der Waals surface area contributed by atoms with E-state index in [1.54, 1.807) is 10.7 Å². The number of halogens is 1. The fraction of sp³-hybridized carbons (Fsp3) is 0.357. The SMILES string of the molecule is CN1CCNCC1c1noc(-c2cnn3ccccc23)n1.Cl. The number of rotatable bonds is 2. The van der Waals surface area contributed by atoms with Gasteiger partial charge in [-0.1, -0.05) is 11.2 Å². The second-order valence-electron chi connectivity index (χ2n) is 5.25. The normalized spacial score (nSPS) is 19.2. The summed E-state index contributed by atoms with van der Waals surface area (Å²) in [7, 11) is 2.08. The number of piperazine rings is 1. The fourth-order valence-corrected chi connectivity index (χ4v) is 2.67. The van der Waals surface area contributed by atoms with Crippen molar-refractivity contribution >= 4 is 17.9 Å². The monoisotopic (exact) mass is 320 g/mol. The van der Waals surface area contributed by atoms with Gasteiger partial charge in [0, 0.05) is 25.8 Å². The van der Waals surface area contributed by atoms with Crippen LogP contribution in [-0.4, -0.2) is 51.3 Å². The third-order valence-corrected chi connectivity index (χ3v) is 3.91. The molecule has 0 bridgehead atoms. The zero-order valence-corrected chi connectivity index (χ0v) is 13.0. The van der Waals surface area contributed by atoms with Crippen molar-refractivity contribution in [3.05, 3.63) is 36.4 Å². The van der Waals surface area contributed by atoms with E-state index in [9.17, 15) is 0 Å². The van der Waals surface area contributed by atoms with E-state index in [1.807, 2.05) is 24.4 Å². The summed E-state index contributed by atoms with van der Waals surface area (Å²) in [4.78, 5) is 6.80. The molecule has 0 saturated carbocycles. The first-order valence-corrected chi connectivity index (χ1v) is 7.00. The summed E-state index contributed by atoms with van der Waals surface area (Å²) in [6.45, 7) is 2.81. The average molecular weight is 321 g/mol. The molecule has 8 heteroatoms. The van der Waals surface area contributed by atoms with Crippen molar-refractivity contribution in [3.8, 4) is 11.5 Å². The van der Waals surface area contributed by atoms with E-state index in [2.05, 4.69) is 32.5 Å². The lowest BCUT2D eigenvalue weighted by Gasteiger charge is -2.30. The first-order chi connectivity index (χ1) is 10.3. The van der Waals surface area contributed by atoms with Gasteiger partial charge < -0.3 is 9.84 Å². The Hall–Kier alpha value is -1.96. The Balaban J connectivity index is 0.00000144.